The van der Waals surface area contributed by atoms with Gasteiger partial charge in [0.1, 0.15) is 0 Å². The van der Waals surface area contributed by atoms with Crippen LogP contribution in [0.3, 0.4) is 0 Å². The van der Waals surface area contributed by atoms with Crippen LogP contribution in [0.4, 0.5) is 4.79 Å². The Morgan fingerprint density at radius 2 is 1.95 bits per heavy atom. The zero-order valence-electron chi connectivity index (χ0n) is 12.8. The molecule has 0 radical (unpaired) electrons. The Balaban J connectivity index is 2.08. The molecule has 2 aliphatic heterocycles. The summed E-state index contributed by atoms with van der Waals surface area (Å²) in [6.07, 6.45) is 3.84. The highest BCUT2D eigenvalue weighted by molar-refractivity contribution is 5.80. The molecule has 0 aromatic carbocycles. The Hall–Kier alpha value is -1.26. The van der Waals surface area contributed by atoms with Gasteiger partial charge in [-0.05, 0) is 38.5 Å². The minimum atomic E-state index is -0.769. The molecule has 2 saturated heterocycles. The highest BCUT2D eigenvalue weighted by Gasteiger charge is 2.49. The van der Waals surface area contributed by atoms with E-state index in [2.05, 4.69) is 6.92 Å². The molecule has 5 nitrogen and oxygen atoms in total. The van der Waals surface area contributed by atoms with Gasteiger partial charge in [-0.15, -0.1) is 0 Å². The molecule has 20 heavy (non-hydrogen) atoms. The lowest BCUT2D eigenvalue weighted by molar-refractivity contribution is -0.150. The number of carbonyl (C=O) groups excluding carboxylic acids is 1. The first-order valence-electron chi connectivity index (χ1n) is 7.67. The Morgan fingerprint density at radius 3 is 2.45 bits per heavy atom. The molecule has 0 bridgehead atoms. The first-order chi connectivity index (χ1) is 9.38. The van der Waals surface area contributed by atoms with Crippen molar-refractivity contribution in [1.29, 1.82) is 0 Å². The number of piperidine rings is 1. The molecule has 2 unspecified atom stereocenters. The average molecular weight is 282 g/mol. The summed E-state index contributed by atoms with van der Waals surface area (Å²) in [4.78, 5) is 27.9. The van der Waals surface area contributed by atoms with E-state index < -0.39 is 11.4 Å². The first-order valence-corrected chi connectivity index (χ1v) is 7.67. The van der Waals surface area contributed by atoms with Crippen molar-refractivity contribution in [2.45, 2.75) is 52.5 Å². The number of hydrogen-bond donors (Lipinski definition) is 1. The molecule has 0 aliphatic carbocycles. The smallest absolute Gasteiger partial charge is 0.320 e. The van der Waals surface area contributed by atoms with Gasteiger partial charge in [0.25, 0.3) is 0 Å². The van der Waals surface area contributed by atoms with Crippen LogP contribution in [0.25, 0.3) is 0 Å². The van der Waals surface area contributed by atoms with Crippen molar-refractivity contribution >= 4 is 12.0 Å². The molecule has 0 aromatic heterocycles. The van der Waals surface area contributed by atoms with E-state index in [0.29, 0.717) is 19.5 Å². The van der Waals surface area contributed by atoms with Crippen molar-refractivity contribution in [3.63, 3.8) is 0 Å². The van der Waals surface area contributed by atoms with Crippen LogP contribution in [0.15, 0.2) is 0 Å². The number of aliphatic carboxylic acids is 1. The van der Waals surface area contributed by atoms with E-state index in [-0.39, 0.29) is 18.0 Å². The van der Waals surface area contributed by atoms with Gasteiger partial charge < -0.3 is 14.9 Å². The SMILES string of the molecule is CC1CCCCN1C(=O)N1CCC(C(=O)O)(C(C)C)C1. The van der Waals surface area contributed by atoms with Crippen molar-refractivity contribution in [3.05, 3.63) is 0 Å². The van der Waals surface area contributed by atoms with Crippen LogP contribution < -0.4 is 0 Å². The van der Waals surface area contributed by atoms with Gasteiger partial charge in [0.15, 0.2) is 0 Å². The van der Waals surface area contributed by atoms with Crippen LogP contribution in [0, 0.1) is 11.3 Å². The van der Waals surface area contributed by atoms with Crippen molar-refractivity contribution in [2.24, 2.45) is 11.3 Å². The third kappa shape index (κ3) is 2.50. The van der Waals surface area contributed by atoms with Crippen LogP contribution in [0.2, 0.25) is 0 Å². The minimum absolute atomic E-state index is 0.0287. The molecular formula is C15H26N2O3. The fourth-order valence-corrected chi connectivity index (χ4v) is 3.45. The second-order valence-corrected chi connectivity index (χ2v) is 6.61. The van der Waals surface area contributed by atoms with E-state index in [0.717, 1.165) is 19.4 Å². The van der Waals surface area contributed by atoms with Crippen molar-refractivity contribution in [2.75, 3.05) is 19.6 Å². The van der Waals surface area contributed by atoms with Crippen LogP contribution in [0.5, 0.6) is 0 Å². The summed E-state index contributed by atoms with van der Waals surface area (Å²) in [5.74, 6) is -0.730. The molecule has 2 amide bonds. The number of rotatable bonds is 2. The van der Waals surface area contributed by atoms with E-state index >= 15 is 0 Å². The van der Waals surface area contributed by atoms with E-state index in [9.17, 15) is 14.7 Å². The third-order valence-electron chi connectivity index (χ3n) is 5.15. The lowest BCUT2D eigenvalue weighted by Gasteiger charge is -2.37. The van der Waals surface area contributed by atoms with Crippen molar-refractivity contribution in [3.8, 4) is 0 Å². The topological polar surface area (TPSA) is 60.9 Å². The summed E-state index contributed by atoms with van der Waals surface area (Å²) in [6, 6.07) is 0.302. The average Bonchev–Trinajstić information content (AvgIpc) is 2.85. The van der Waals surface area contributed by atoms with Gasteiger partial charge in [-0.25, -0.2) is 4.79 Å². The second-order valence-electron chi connectivity index (χ2n) is 6.61. The minimum Gasteiger partial charge on any atom is -0.481 e. The molecule has 0 saturated carbocycles. The molecule has 0 aromatic rings. The lowest BCUT2D eigenvalue weighted by Crippen LogP contribution is -2.50. The summed E-state index contributed by atoms with van der Waals surface area (Å²) >= 11 is 0. The summed E-state index contributed by atoms with van der Waals surface area (Å²) in [5.41, 5.74) is -0.769. The fraction of sp³-hybridized carbons (Fsp3) is 0.867. The Labute approximate surface area is 120 Å². The van der Waals surface area contributed by atoms with Crippen LogP contribution in [0.1, 0.15) is 46.5 Å². The number of carboxylic acid groups (broad SMARTS) is 1. The molecule has 2 atom stereocenters. The van der Waals surface area contributed by atoms with Crippen molar-refractivity contribution < 1.29 is 14.7 Å². The highest BCUT2D eigenvalue weighted by Crippen LogP contribution is 2.38. The maximum atomic E-state index is 12.6. The molecule has 5 heteroatoms. The standard InChI is InChI=1S/C15H26N2O3/c1-11(2)15(13(18)19)7-9-16(10-15)14(20)17-8-5-4-6-12(17)3/h11-12H,4-10H2,1-3H3,(H,18,19). The summed E-state index contributed by atoms with van der Waals surface area (Å²) < 4.78 is 0. The molecule has 2 aliphatic rings. The number of likely N-dealkylation sites (tertiary alicyclic amines) is 2. The van der Waals surface area contributed by atoms with Crippen LogP contribution in [-0.4, -0.2) is 52.6 Å². The largest absolute Gasteiger partial charge is 0.481 e. The van der Waals surface area contributed by atoms with Crippen LogP contribution in [-0.2, 0) is 4.79 Å². The predicted octanol–water partition coefficient (Wildman–Crippen LogP) is 2.41. The zero-order chi connectivity index (χ0) is 14.9. The molecule has 0 spiro atoms. The fourth-order valence-electron chi connectivity index (χ4n) is 3.45. The molecule has 2 heterocycles. The predicted molar refractivity (Wildman–Crippen MR) is 76.5 cm³/mol. The number of carboxylic acids is 1. The highest BCUT2D eigenvalue weighted by atomic mass is 16.4. The van der Waals surface area contributed by atoms with Crippen molar-refractivity contribution in [1.82, 2.24) is 9.80 Å². The van der Waals surface area contributed by atoms with Gasteiger partial charge >= 0.3 is 12.0 Å². The van der Waals surface area contributed by atoms with Gasteiger partial charge in [-0.1, -0.05) is 13.8 Å². The number of nitrogens with zero attached hydrogens (tertiary/aromatic N) is 2. The lowest BCUT2D eigenvalue weighted by atomic mass is 9.76. The number of urea groups is 1. The number of amides is 2. The quantitative estimate of drug-likeness (QED) is 0.846. The molecule has 2 fully saturated rings. The molecule has 1 N–H and O–H groups in total. The normalized spacial score (nSPS) is 30.9. The van der Waals surface area contributed by atoms with E-state index in [1.165, 1.54) is 6.42 Å². The summed E-state index contributed by atoms with van der Waals surface area (Å²) in [5, 5.41) is 9.54. The summed E-state index contributed by atoms with van der Waals surface area (Å²) in [6.45, 7) is 7.67. The van der Waals surface area contributed by atoms with Gasteiger partial charge in [-0.2, -0.15) is 0 Å². The molecule has 2 rings (SSSR count). The van der Waals surface area contributed by atoms with E-state index in [1.807, 2.05) is 18.7 Å². The Morgan fingerprint density at radius 1 is 1.25 bits per heavy atom. The number of hydrogen-bond acceptors (Lipinski definition) is 2. The maximum absolute atomic E-state index is 12.6. The first kappa shape index (κ1) is 15.1. The summed E-state index contributed by atoms with van der Waals surface area (Å²) in [7, 11) is 0. The van der Waals surface area contributed by atoms with Gasteiger partial charge in [-0.3, -0.25) is 4.79 Å². The van der Waals surface area contributed by atoms with E-state index in [1.54, 1.807) is 4.90 Å². The van der Waals surface area contributed by atoms with E-state index in [4.69, 9.17) is 0 Å². The Bertz CT molecular complexity index is 397. The molecule has 114 valence electrons. The second kappa shape index (κ2) is 5.62. The zero-order valence-corrected chi connectivity index (χ0v) is 12.8. The Kier molecular flexibility index (Phi) is 4.25. The maximum Gasteiger partial charge on any atom is 0.320 e. The van der Waals surface area contributed by atoms with Gasteiger partial charge in [0, 0.05) is 25.7 Å². The van der Waals surface area contributed by atoms with Crippen LogP contribution >= 0.6 is 0 Å². The molecular weight excluding hydrogens is 256 g/mol. The third-order valence-corrected chi connectivity index (χ3v) is 5.15. The monoisotopic (exact) mass is 282 g/mol. The van der Waals surface area contributed by atoms with Gasteiger partial charge in [0.05, 0.1) is 5.41 Å². The number of carbonyl (C=O) groups is 2. The van der Waals surface area contributed by atoms with Gasteiger partial charge in [0.2, 0.25) is 0 Å².